The Labute approximate surface area is 113 Å². The van der Waals surface area contributed by atoms with Crippen LogP contribution in [0.5, 0.6) is 5.75 Å². The third-order valence-corrected chi connectivity index (χ3v) is 3.50. The number of anilines is 1. The van der Waals surface area contributed by atoms with Crippen molar-refractivity contribution >= 4 is 17.0 Å². The van der Waals surface area contributed by atoms with Gasteiger partial charge >= 0.3 is 0 Å². The van der Waals surface area contributed by atoms with Crippen LogP contribution in [0.1, 0.15) is 23.6 Å². The molecule has 0 saturated carbocycles. The minimum atomic E-state index is 0.192. The van der Waals surface area contributed by atoms with E-state index in [0.29, 0.717) is 0 Å². The van der Waals surface area contributed by atoms with Crippen molar-refractivity contribution in [3.05, 3.63) is 46.2 Å². The van der Waals surface area contributed by atoms with E-state index in [-0.39, 0.29) is 6.10 Å². The fourth-order valence-electron chi connectivity index (χ4n) is 1.73. The lowest BCUT2D eigenvalue weighted by molar-refractivity contribution is 0.243. The van der Waals surface area contributed by atoms with Crippen molar-refractivity contribution < 1.29 is 4.74 Å². The Bertz CT molecular complexity index is 505. The monoisotopic (exact) mass is 261 g/mol. The summed E-state index contributed by atoms with van der Waals surface area (Å²) < 4.78 is 5.78. The molecule has 2 nitrogen and oxygen atoms in total. The summed E-state index contributed by atoms with van der Waals surface area (Å²) in [4.78, 5) is 2.69. The maximum Gasteiger partial charge on any atom is 0.142 e. The molecule has 0 bridgehead atoms. The van der Waals surface area contributed by atoms with E-state index in [1.807, 2.05) is 43.4 Å². The lowest BCUT2D eigenvalue weighted by Gasteiger charge is -2.15. The van der Waals surface area contributed by atoms with Gasteiger partial charge in [0.1, 0.15) is 5.75 Å². The van der Waals surface area contributed by atoms with Gasteiger partial charge in [0.25, 0.3) is 0 Å². The summed E-state index contributed by atoms with van der Waals surface area (Å²) in [6.45, 7) is 7.06. The molecular weight excluding hydrogens is 242 g/mol. The molecule has 0 unspecified atom stereocenters. The van der Waals surface area contributed by atoms with Gasteiger partial charge in [-0.05, 0) is 45.0 Å². The Morgan fingerprint density at radius 2 is 1.94 bits per heavy atom. The summed E-state index contributed by atoms with van der Waals surface area (Å²) in [6.07, 6.45) is 0.192. The fraction of sp³-hybridized carbons (Fsp3) is 0.333. The van der Waals surface area contributed by atoms with Gasteiger partial charge in [-0.25, -0.2) is 0 Å². The van der Waals surface area contributed by atoms with Crippen LogP contribution in [0.2, 0.25) is 0 Å². The topological polar surface area (TPSA) is 21.3 Å². The van der Waals surface area contributed by atoms with Crippen molar-refractivity contribution in [2.75, 3.05) is 5.32 Å². The van der Waals surface area contributed by atoms with Crippen LogP contribution in [-0.2, 0) is 6.54 Å². The number of aryl methyl sites for hydroxylation is 1. The average molecular weight is 261 g/mol. The molecule has 0 atom stereocenters. The first-order chi connectivity index (χ1) is 8.65. The maximum atomic E-state index is 5.78. The number of nitrogens with one attached hydrogen (secondary N) is 1. The van der Waals surface area contributed by atoms with Crippen LogP contribution in [0, 0.1) is 6.92 Å². The maximum absolute atomic E-state index is 5.78. The van der Waals surface area contributed by atoms with Gasteiger partial charge in [-0.1, -0.05) is 12.1 Å². The molecule has 0 amide bonds. The molecule has 0 aliphatic rings. The lowest BCUT2D eigenvalue weighted by Crippen LogP contribution is -2.08. The molecule has 0 radical (unpaired) electrons. The van der Waals surface area contributed by atoms with Gasteiger partial charge in [-0.2, -0.15) is 0 Å². The van der Waals surface area contributed by atoms with E-state index in [1.54, 1.807) is 0 Å². The van der Waals surface area contributed by atoms with Gasteiger partial charge in [-0.15, -0.1) is 11.3 Å². The van der Waals surface area contributed by atoms with Crippen molar-refractivity contribution in [1.82, 2.24) is 0 Å². The smallest absolute Gasteiger partial charge is 0.142 e. The van der Waals surface area contributed by atoms with E-state index in [1.165, 1.54) is 9.75 Å². The highest BCUT2D eigenvalue weighted by atomic mass is 32.1. The number of hydrogen-bond donors (Lipinski definition) is 1. The molecule has 1 heterocycles. The number of para-hydroxylation sites is 2. The van der Waals surface area contributed by atoms with Crippen molar-refractivity contribution in [3.8, 4) is 5.75 Å². The molecule has 96 valence electrons. The number of ether oxygens (including phenoxy) is 1. The number of hydrogen-bond acceptors (Lipinski definition) is 3. The fourth-order valence-corrected chi connectivity index (χ4v) is 2.56. The van der Waals surface area contributed by atoms with Gasteiger partial charge in [0, 0.05) is 16.3 Å². The predicted molar refractivity (Wildman–Crippen MR) is 78.6 cm³/mol. The SMILES string of the molecule is Cc1ccc(CNc2ccccc2OC(C)C)s1. The zero-order chi connectivity index (χ0) is 13.0. The molecule has 0 aliphatic heterocycles. The highest BCUT2D eigenvalue weighted by Crippen LogP contribution is 2.26. The summed E-state index contributed by atoms with van der Waals surface area (Å²) >= 11 is 1.82. The summed E-state index contributed by atoms with van der Waals surface area (Å²) in [5.41, 5.74) is 1.05. The lowest BCUT2D eigenvalue weighted by atomic mass is 10.3. The third kappa shape index (κ3) is 3.50. The molecule has 3 heteroatoms. The van der Waals surface area contributed by atoms with Crippen LogP contribution in [0.25, 0.3) is 0 Å². The second kappa shape index (κ2) is 5.91. The van der Waals surface area contributed by atoms with Gasteiger partial charge in [-0.3, -0.25) is 0 Å². The van der Waals surface area contributed by atoms with Crippen LogP contribution in [-0.4, -0.2) is 6.10 Å². The first kappa shape index (κ1) is 13.0. The van der Waals surface area contributed by atoms with E-state index >= 15 is 0 Å². The summed E-state index contributed by atoms with van der Waals surface area (Å²) in [5.74, 6) is 0.917. The normalized spacial score (nSPS) is 10.7. The molecule has 0 saturated heterocycles. The van der Waals surface area contributed by atoms with E-state index in [0.717, 1.165) is 18.0 Å². The standard InChI is InChI=1S/C15H19NOS/c1-11(2)17-15-7-5-4-6-14(15)16-10-13-9-8-12(3)18-13/h4-9,11,16H,10H2,1-3H3. The molecule has 2 rings (SSSR count). The molecular formula is C15H19NOS. The number of benzene rings is 1. The molecule has 1 aromatic carbocycles. The Balaban J connectivity index is 2.04. The number of rotatable bonds is 5. The van der Waals surface area contributed by atoms with Crippen LogP contribution in [0.15, 0.2) is 36.4 Å². The van der Waals surface area contributed by atoms with E-state index in [9.17, 15) is 0 Å². The second-order valence-corrected chi connectivity index (χ2v) is 5.90. The first-order valence-electron chi connectivity index (χ1n) is 6.20. The highest BCUT2D eigenvalue weighted by Gasteiger charge is 2.05. The van der Waals surface area contributed by atoms with Crippen molar-refractivity contribution in [2.24, 2.45) is 0 Å². The first-order valence-corrected chi connectivity index (χ1v) is 7.01. The van der Waals surface area contributed by atoms with Crippen molar-refractivity contribution in [3.63, 3.8) is 0 Å². The quantitative estimate of drug-likeness (QED) is 0.858. The van der Waals surface area contributed by atoms with E-state index in [2.05, 4.69) is 30.4 Å². The van der Waals surface area contributed by atoms with Crippen molar-refractivity contribution in [2.45, 2.75) is 33.4 Å². The van der Waals surface area contributed by atoms with Gasteiger partial charge < -0.3 is 10.1 Å². The van der Waals surface area contributed by atoms with Crippen LogP contribution >= 0.6 is 11.3 Å². The van der Waals surface area contributed by atoms with Crippen LogP contribution in [0.4, 0.5) is 5.69 Å². The molecule has 0 fully saturated rings. The summed E-state index contributed by atoms with van der Waals surface area (Å²) in [5, 5.41) is 3.43. The minimum Gasteiger partial charge on any atom is -0.489 e. The van der Waals surface area contributed by atoms with Crippen molar-refractivity contribution in [1.29, 1.82) is 0 Å². The zero-order valence-corrected chi connectivity index (χ0v) is 11.9. The summed E-state index contributed by atoms with van der Waals surface area (Å²) in [7, 11) is 0. The molecule has 18 heavy (non-hydrogen) atoms. The molecule has 0 spiro atoms. The molecule has 0 aliphatic carbocycles. The Hall–Kier alpha value is -1.48. The van der Waals surface area contributed by atoms with Gasteiger partial charge in [0.05, 0.1) is 11.8 Å². The third-order valence-electron chi connectivity index (χ3n) is 2.50. The highest BCUT2D eigenvalue weighted by molar-refractivity contribution is 7.11. The largest absolute Gasteiger partial charge is 0.489 e. The Kier molecular flexibility index (Phi) is 4.26. The van der Waals surface area contributed by atoms with Gasteiger partial charge in [0.15, 0.2) is 0 Å². The van der Waals surface area contributed by atoms with E-state index in [4.69, 9.17) is 4.74 Å². The minimum absolute atomic E-state index is 0.192. The summed E-state index contributed by atoms with van der Waals surface area (Å²) in [6, 6.07) is 12.4. The predicted octanol–water partition coefficient (Wildman–Crippen LogP) is 4.46. The van der Waals surface area contributed by atoms with Gasteiger partial charge in [0.2, 0.25) is 0 Å². The zero-order valence-electron chi connectivity index (χ0n) is 11.1. The molecule has 1 aromatic heterocycles. The van der Waals surface area contributed by atoms with Crippen LogP contribution in [0.3, 0.4) is 0 Å². The van der Waals surface area contributed by atoms with E-state index < -0.39 is 0 Å². The second-order valence-electron chi connectivity index (χ2n) is 4.53. The molecule has 2 aromatic rings. The Morgan fingerprint density at radius 1 is 1.17 bits per heavy atom. The average Bonchev–Trinajstić information content (AvgIpc) is 2.73. The van der Waals surface area contributed by atoms with Crippen LogP contribution < -0.4 is 10.1 Å². The number of thiophene rings is 1. The Morgan fingerprint density at radius 3 is 2.61 bits per heavy atom. The molecule has 1 N–H and O–H groups in total.